The van der Waals surface area contributed by atoms with Crippen LogP contribution in [0.25, 0.3) is 11.7 Å². The molecular formula is C18H17ClN4O5S. The van der Waals surface area contributed by atoms with Crippen LogP contribution in [0.5, 0.6) is 0 Å². The molecule has 1 amide bonds. The maximum atomic E-state index is 12.7. The summed E-state index contributed by atoms with van der Waals surface area (Å²) in [6.45, 7) is 0.481. The number of halogens is 1. The van der Waals surface area contributed by atoms with Crippen LogP contribution in [0.3, 0.4) is 0 Å². The standard InChI is InChI=1S/C18H17ClN4O5S/c19-13-3-5-14(6-4-13)29(25,26)23-9-7-12(8-10-23)16(24)20-18-22-21-17(28-18)15-2-1-11-27-15/h1-6,11-12H,7-10H2,(H,20,22,24). The first-order valence-electron chi connectivity index (χ1n) is 8.87. The molecule has 1 saturated heterocycles. The van der Waals surface area contributed by atoms with Crippen molar-refractivity contribution in [3.63, 3.8) is 0 Å². The van der Waals surface area contributed by atoms with E-state index in [0.29, 0.717) is 23.6 Å². The molecule has 1 aromatic carbocycles. The van der Waals surface area contributed by atoms with Crippen LogP contribution in [0, 0.1) is 5.92 Å². The summed E-state index contributed by atoms with van der Waals surface area (Å²) >= 11 is 5.82. The molecule has 0 spiro atoms. The second-order valence-electron chi connectivity index (χ2n) is 6.51. The van der Waals surface area contributed by atoms with Crippen LogP contribution in [-0.2, 0) is 14.8 Å². The van der Waals surface area contributed by atoms with Gasteiger partial charge in [0, 0.05) is 24.0 Å². The highest BCUT2D eigenvalue weighted by Gasteiger charge is 2.32. The lowest BCUT2D eigenvalue weighted by molar-refractivity contribution is -0.121. The van der Waals surface area contributed by atoms with E-state index in [-0.39, 0.29) is 41.7 Å². The summed E-state index contributed by atoms with van der Waals surface area (Å²) in [5.74, 6) is -0.0818. The van der Waals surface area contributed by atoms with Crippen molar-refractivity contribution in [3.8, 4) is 11.7 Å². The Morgan fingerprint density at radius 2 is 1.86 bits per heavy atom. The summed E-state index contributed by atoms with van der Waals surface area (Å²) in [6, 6.07) is 9.34. The lowest BCUT2D eigenvalue weighted by Crippen LogP contribution is -2.41. The Morgan fingerprint density at radius 1 is 1.14 bits per heavy atom. The van der Waals surface area contributed by atoms with Crippen LogP contribution in [-0.4, -0.2) is 41.9 Å². The first-order valence-corrected chi connectivity index (χ1v) is 10.7. The average molecular weight is 437 g/mol. The molecule has 0 bridgehead atoms. The Balaban J connectivity index is 1.35. The second-order valence-corrected chi connectivity index (χ2v) is 8.89. The number of carbonyl (C=O) groups is 1. The molecule has 0 aliphatic carbocycles. The van der Waals surface area contributed by atoms with Gasteiger partial charge in [0.2, 0.25) is 15.9 Å². The van der Waals surface area contributed by atoms with Crippen LogP contribution in [0.4, 0.5) is 6.01 Å². The molecule has 9 nitrogen and oxygen atoms in total. The molecule has 3 heterocycles. The van der Waals surface area contributed by atoms with Gasteiger partial charge in [-0.15, -0.1) is 5.10 Å². The molecule has 1 N–H and O–H groups in total. The van der Waals surface area contributed by atoms with Gasteiger partial charge in [0.1, 0.15) is 0 Å². The van der Waals surface area contributed by atoms with E-state index >= 15 is 0 Å². The summed E-state index contributed by atoms with van der Waals surface area (Å²) in [4.78, 5) is 12.7. The van der Waals surface area contributed by atoms with Gasteiger partial charge >= 0.3 is 6.01 Å². The number of aromatic nitrogens is 2. The zero-order chi connectivity index (χ0) is 20.4. The van der Waals surface area contributed by atoms with Gasteiger partial charge in [0.25, 0.3) is 5.89 Å². The van der Waals surface area contributed by atoms with E-state index in [0.717, 1.165) is 0 Å². The molecule has 152 valence electrons. The minimum absolute atomic E-state index is 0.0300. The Kier molecular flexibility index (Phi) is 5.39. The van der Waals surface area contributed by atoms with Crippen molar-refractivity contribution in [2.75, 3.05) is 18.4 Å². The molecule has 0 radical (unpaired) electrons. The smallest absolute Gasteiger partial charge is 0.322 e. The van der Waals surface area contributed by atoms with Gasteiger partial charge in [-0.05, 0) is 49.2 Å². The zero-order valence-electron chi connectivity index (χ0n) is 15.1. The number of rotatable bonds is 5. The summed E-state index contributed by atoms with van der Waals surface area (Å²) in [6.07, 6.45) is 2.25. The quantitative estimate of drug-likeness (QED) is 0.652. The maximum Gasteiger partial charge on any atom is 0.322 e. The number of nitrogens with zero attached hydrogens (tertiary/aromatic N) is 3. The largest absolute Gasteiger partial charge is 0.459 e. The number of hydrogen-bond donors (Lipinski definition) is 1. The topological polar surface area (TPSA) is 119 Å². The summed E-state index contributed by atoms with van der Waals surface area (Å²) in [7, 11) is -3.62. The molecule has 0 atom stereocenters. The number of nitrogens with one attached hydrogen (secondary N) is 1. The normalized spacial score (nSPS) is 16.0. The Labute approximate surface area is 171 Å². The van der Waals surface area contributed by atoms with Crippen molar-refractivity contribution in [2.45, 2.75) is 17.7 Å². The molecule has 0 saturated carbocycles. The van der Waals surface area contributed by atoms with Crippen molar-refractivity contribution in [1.29, 1.82) is 0 Å². The molecule has 1 aliphatic heterocycles. The Bertz CT molecular complexity index is 1090. The third-order valence-corrected chi connectivity index (χ3v) is 6.83. The number of sulfonamides is 1. The molecule has 4 rings (SSSR count). The van der Waals surface area contributed by atoms with Crippen LogP contribution >= 0.6 is 11.6 Å². The lowest BCUT2D eigenvalue weighted by Gasteiger charge is -2.30. The van der Waals surface area contributed by atoms with Gasteiger partial charge in [0.05, 0.1) is 11.2 Å². The maximum absolute atomic E-state index is 12.7. The monoisotopic (exact) mass is 436 g/mol. The summed E-state index contributed by atoms with van der Waals surface area (Å²) < 4.78 is 37.3. The van der Waals surface area contributed by atoms with Crippen molar-refractivity contribution in [3.05, 3.63) is 47.7 Å². The van der Waals surface area contributed by atoms with E-state index in [1.54, 1.807) is 12.1 Å². The van der Waals surface area contributed by atoms with E-state index in [4.69, 9.17) is 20.4 Å². The SMILES string of the molecule is O=C(Nc1nnc(-c2ccco2)o1)C1CCN(S(=O)(=O)c2ccc(Cl)cc2)CC1. The molecule has 0 unspecified atom stereocenters. The molecule has 2 aromatic heterocycles. The molecule has 11 heteroatoms. The highest BCUT2D eigenvalue weighted by molar-refractivity contribution is 7.89. The van der Waals surface area contributed by atoms with Gasteiger partial charge in [-0.1, -0.05) is 16.7 Å². The first kappa shape index (κ1) is 19.6. The second kappa shape index (κ2) is 7.97. The van der Waals surface area contributed by atoms with Crippen molar-refractivity contribution in [2.24, 2.45) is 5.92 Å². The van der Waals surface area contributed by atoms with Crippen LogP contribution in [0.1, 0.15) is 12.8 Å². The minimum Gasteiger partial charge on any atom is -0.459 e. The number of hydrogen-bond acceptors (Lipinski definition) is 7. The average Bonchev–Trinajstić information content (AvgIpc) is 3.40. The number of carbonyl (C=O) groups excluding carboxylic acids is 1. The third-order valence-electron chi connectivity index (χ3n) is 4.66. The van der Waals surface area contributed by atoms with Gasteiger partial charge in [-0.2, -0.15) is 4.31 Å². The fraction of sp³-hybridized carbons (Fsp3) is 0.278. The van der Waals surface area contributed by atoms with Crippen molar-refractivity contribution < 1.29 is 22.0 Å². The minimum atomic E-state index is -3.62. The molecular weight excluding hydrogens is 420 g/mol. The fourth-order valence-corrected chi connectivity index (χ4v) is 4.69. The number of piperidine rings is 1. The predicted molar refractivity (Wildman–Crippen MR) is 104 cm³/mol. The fourth-order valence-electron chi connectivity index (χ4n) is 3.09. The van der Waals surface area contributed by atoms with Crippen LogP contribution in [0.2, 0.25) is 5.02 Å². The first-order chi connectivity index (χ1) is 13.9. The van der Waals surface area contributed by atoms with Gasteiger partial charge < -0.3 is 8.83 Å². The number of furan rings is 1. The van der Waals surface area contributed by atoms with E-state index in [1.165, 1.54) is 34.8 Å². The molecule has 29 heavy (non-hydrogen) atoms. The Morgan fingerprint density at radius 3 is 2.52 bits per heavy atom. The summed E-state index contributed by atoms with van der Waals surface area (Å²) in [5.41, 5.74) is 0. The highest BCUT2D eigenvalue weighted by Crippen LogP contribution is 2.26. The molecule has 1 aliphatic rings. The van der Waals surface area contributed by atoms with E-state index in [9.17, 15) is 13.2 Å². The van der Waals surface area contributed by atoms with E-state index in [1.807, 2.05) is 0 Å². The molecule has 3 aromatic rings. The number of anilines is 1. The number of amides is 1. The van der Waals surface area contributed by atoms with Gasteiger partial charge in [0.15, 0.2) is 5.76 Å². The number of benzene rings is 1. The predicted octanol–water partition coefficient (Wildman–Crippen LogP) is 3.02. The van der Waals surface area contributed by atoms with E-state index in [2.05, 4.69) is 15.5 Å². The third kappa shape index (κ3) is 4.19. The van der Waals surface area contributed by atoms with Crippen LogP contribution < -0.4 is 5.32 Å². The lowest BCUT2D eigenvalue weighted by atomic mass is 9.97. The van der Waals surface area contributed by atoms with Crippen molar-refractivity contribution >= 4 is 33.5 Å². The highest BCUT2D eigenvalue weighted by atomic mass is 35.5. The Hall–Kier alpha value is -2.69. The van der Waals surface area contributed by atoms with Crippen LogP contribution in [0.15, 0.2) is 56.4 Å². The zero-order valence-corrected chi connectivity index (χ0v) is 16.7. The molecule has 1 fully saturated rings. The van der Waals surface area contributed by atoms with Gasteiger partial charge in [-0.3, -0.25) is 10.1 Å². The van der Waals surface area contributed by atoms with E-state index < -0.39 is 10.0 Å². The van der Waals surface area contributed by atoms with Crippen molar-refractivity contribution in [1.82, 2.24) is 14.5 Å². The van der Waals surface area contributed by atoms with Gasteiger partial charge in [-0.25, -0.2) is 8.42 Å². The summed E-state index contributed by atoms with van der Waals surface area (Å²) in [5, 5.41) is 10.7.